The molecule has 6 nitrogen and oxygen atoms in total. The summed E-state index contributed by atoms with van der Waals surface area (Å²) in [5.41, 5.74) is -0.290. The second-order valence-electron chi connectivity index (χ2n) is 3.03. The van der Waals surface area contributed by atoms with Crippen LogP contribution in [0.2, 0.25) is 5.15 Å². The lowest BCUT2D eigenvalue weighted by Crippen LogP contribution is -2.20. The summed E-state index contributed by atoms with van der Waals surface area (Å²) in [7, 11) is 0. The van der Waals surface area contributed by atoms with E-state index in [1.54, 1.807) is 0 Å². The van der Waals surface area contributed by atoms with Crippen molar-refractivity contribution in [2.75, 3.05) is 5.75 Å². The van der Waals surface area contributed by atoms with Crippen LogP contribution in [0, 0.1) is 10.1 Å². The Morgan fingerprint density at radius 1 is 1.62 bits per heavy atom. The topological polar surface area (TPSA) is 96.5 Å². The highest BCUT2D eigenvalue weighted by Crippen LogP contribution is 2.26. The molecular formula is C8H9ClN2O4S. The van der Waals surface area contributed by atoms with Crippen LogP contribution in [0.1, 0.15) is 11.7 Å². The number of aliphatic hydroxyl groups is 2. The standard InChI is InChI=1S/C8H9ClN2O4S/c9-8-5(11(14)15)1-4(2-10-8)7(13)6(12)3-16/h1-2,6-7,12-13,16H,3H2. The Morgan fingerprint density at radius 2 is 2.25 bits per heavy atom. The molecule has 1 heterocycles. The van der Waals surface area contributed by atoms with Crippen LogP contribution in [0.3, 0.4) is 0 Å². The molecule has 1 rings (SSSR count). The maximum Gasteiger partial charge on any atom is 0.306 e. The van der Waals surface area contributed by atoms with Crippen molar-refractivity contribution in [2.24, 2.45) is 0 Å². The third-order valence-electron chi connectivity index (χ3n) is 1.93. The fourth-order valence-corrected chi connectivity index (χ4v) is 1.44. The van der Waals surface area contributed by atoms with E-state index < -0.39 is 22.8 Å². The molecule has 2 unspecified atom stereocenters. The van der Waals surface area contributed by atoms with Crippen molar-refractivity contribution in [3.63, 3.8) is 0 Å². The van der Waals surface area contributed by atoms with Crippen LogP contribution >= 0.6 is 24.2 Å². The van der Waals surface area contributed by atoms with E-state index in [1.807, 2.05) is 0 Å². The molecule has 2 N–H and O–H groups in total. The second-order valence-corrected chi connectivity index (χ2v) is 3.75. The van der Waals surface area contributed by atoms with Gasteiger partial charge in [-0.2, -0.15) is 12.6 Å². The fourth-order valence-electron chi connectivity index (χ4n) is 1.06. The van der Waals surface area contributed by atoms with Gasteiger partial charge in [0.1, 0.15) is 6.10 Å². The lowest BCUT2D eigenvalue weighted by atomic mass is 10.1. The van der Waals surface area contributed by atoms with Gasteiger partial charge in [-0.15, -0.1) is 0 Å². The van der Waals surface area contributed by atoms with Gasteiger partial charge in [-0.3, -0.25) is 10.1 Å². The average Bonchev–Trinajstić information content (AvgIpc) is 2.27. The van der Waals surface area contributed by atoms with Gasteiger partial charge >= 0.3 is 5.69 Å². The molecule has 0 bridgehead atoms. The van der Waals surface area contributed by atoms with Crippen LogP contribution in [0.25, 0.3) is 0 Å². The first kappa shape index (κ1) is 13.2. The number of aliphatic hydroxyl groups excluding tert-OH is 2. The van der Waals surface area contributed by atoms with Gasteiger partial charge in [-0.1, -0.05) is 11.6 Å². The monoisotopic (exact) mass is 264 g/mol. The summed E-state index contributed by atoms with van der Waals surface area (Å²) in [6.45, 7) is 0. The van der Waals surface area contributed by atoms with Crippen molar-refractivity contribution >= 4 is 29.9 Å². The Kier molecular flexibility index (Phi) is 4.48. The third kappa shape index (κ3) is 2.82. The predicted molar refractivity (Wildman–Crippen MR) is 60.7 cm³/mol. The minimum Gasteiger partial charge on any atom is -0.389 e. The molecule has 1 aromatic rings. The largest absolute Gasteiger partial charge is 0.389 e. The molecule has 0 saturated carbocycles. The highest BCUT2D eigenvalue weighted by Gasteiger charge is 2.22. The average molecular weight is 265 g/mol. The molecule has 0 radical (unpaired) electrons. The smallest absolute Gasteiger partial charge is 0.306 e. The molecule has 2 atom stereocenters. The second kappa shape index (κ2) is 5.44. The van der Waals surface area contributed by atoms with E-state index in [-0.39, 0.29) is 16.5 Å². The number of rotatable bonds is 4. The molecule has 0 aromatic carbocycles. The van der Waals surface area contributed by atoms with E-state index in [0.717, 1.165) is 6.07 Å². The van der Waals surface area contributed by atoms with E-state index in [1.165, 1.54) is 6.20 Å². The van der Waals surface area contributed by atoms with Crippen molar-refractivity contribution in [3.8, 4) is 0 Å². The first-order chi connectivity index (χ1) is 7.47. The summed E-state index contributed by atoms with van der Waals surface area (Å²) < 4.78 is 0. The maximum absolute atomic E-state index is 10.6. The van der Waals surface area contributed by atoms with E-state index in [0.29, 0.717) is 0 Å². The van der Waals surface area contributed by atoms with Crippen LogP contribution < -0.4 is 0 Å². The number of aromatic nitrogens is 1. The first-order valence-corrected chi connectivity index (χ1v) is 5.25. The molecule has 0 fully saturated rings. The van der Waals surface area contributed by atoms with Crippen molar-refractivity contribution in [3.05, 3.63) is 33.1 Å². The normalized spacial score (nSPS) is 14.5. The predicted octanol–water partition coefficient (Wildman–Crippen LogP) is 0.967. The number of halogens is 1. The molecule has 16 heavy (non-hydrogen) atoms. The molecule has 0 saturated heterocycles. The van der Waals surface area contributed by atoms with Crippen LogP contribution in [-0.2, 0) is 0 Å². The molecule has 0 aliphatic rings. The Morgan fingerprint density at radius 3 is 2.75 bits per heavy atom. The molecule has 0 spiro atoms. The van der Waals surface area contributed by atoms with E-state index in [4.69, 9.17) is 11.6 Å². The summed E-state index contributed by atoms with van der Waals surface area (Å²) in [6.07, 6.45) is -1.22. The Balaban J connectivity index is 3.07. The van der Waals surface area contributed by atoms with E-state index in [9.17, 15) is 20.3 Å². The summed E-state index contributed by atoms with van der Waals surface area (Å²) in [5.74, 6) is 0.0254. The molecule has 1 aromatic heterocycles. The zero-order valence-corrected chi connectivity index (χ0v) is 9.60. The van der Waals surface area contributed by atoms with Crippen LogP contribution in [0.4, 0.5) is 5.69 Å². The van der Waals surface area contributed by atoms with Gasteiger partial charge in [0, 0.05) is 23.6 Å². The van der Waals surface area contributed by atoms with Gasteiger partial charge in [-0.25, -0.2) is 4.98 Å². The summed E-state index contributed by atoms with van der Waals surface area (Å²) in [4.78, 5) is 13.4. The van der Waals surface area contributed by atoms with E-state index >= 15 is 0 Å². The number of thiol groups is 1. The zero-order chi connectivity index (χ0) is 12.3. The summed E-state index contributed by atoms with van der Waals surface area (Å²) >= 11 is 9.30. The molecule has 88 valence electrons. The first-order valence-electron chi connectivity index (χ1n) is 4.24. The number of pyridine rings is 1. The summed E-state index contributed by atoms with van der Waals surface area (Å²) in [6, 6.07) is 1.08. The fraction of sp³-hybridized carbons (Fsp3) is 0.375. The van der Waals surface area contributed by atoms with Gasteiger partial charge in [0.15, 0.2) is 0 Å². The van der Waals surface area contributed by atoms with E-state index in [2.05, 4.69) is 17.6 Å². The van der Waals surface area contributed by atoms with Crippen LogP contribution in [-0.4, -0.2) is 32.0 Å². The van der Waals surface area contributed by atoms with Crippen molar-refractivity contribution in [2.45, 2.75) is 12.2 Å². The van der Waals surface area contributed by atoms with Gasteiger partial charge in [-0.05, 0) is 0 Å². The summed E-state index contributed by atoms with van der Waals surface area (Å²) in [5, 5.41) is 29.2. The molecule has 0 aliphatic heterocycles. The molecule has 0 aliphatic carbocycles. The lowest BCUT2D eigenvalue weighted by Gasteiger charge is -2.15. The lowest BCUT2D eigenvalue weighted by molar-refractivity contribution is -0.385. The Labute approximate surface area is 101 Å². The van der Waals surface area contributed by atoms with Crippen molar-refractivity contribution in [1.82, 2.24) is 4.98 Å². The number of hydrogen-bond acceptors (Lipinski definition) is 6. The highest BCUT2D eigenvalue weighted by atomic mass is 35.5. The number of nitrogens with zero attached hydrogens (tertiary/aromatic N) is 2. The van der Waals surface area contributed by atoms with Gasteiger partial charge < -0.3 is 10.2 Å². The highest BCUT2D eigenvalue weighted by molar-refractivity contribution is 7.80. The van der Waals surface area contributed by atoms with Crippen LogP contribution in [0.15, 0.2) is 12.3 Å². The van der Waals surface area contributed by atoms with Crippen LogP contribution in [0.5, 0.6) is 0 Å². The maximum atomic E-state index is 10.6. The van der Waals surface area contributed by atoms with Crippen molar-refractivity contribution in [1.29, 1.82) is 0 Å². The quantitative estimate of drug-likeness (QED) is 0.326. The molecular weight excluding hydrogens is 256 g/mol. The minimum absolute atomic E-state index is 0.0254. The van der Waals surface area contributed by atoms with Gasteiger partial charge in [0.2, 0.25) is 5.15 Å². The molecule has 0 amide bonds. The minimum atomic E-state index is -1.28. The van der Waals surface area contributed by atoms with Gasteiger partial charge in [0.05, 0.1) is 11.0 Å². The Hall–Kier alpha value is -0.890. The Bertz CT molecular complexity index is 404. The van der Waals surface area contributed by atoms with Crippen molar-refractivity contribution < 1.29 is 15.1 Å². The molecule has 8 heteroatoms. The zero-order valence-electron chi connectivity index (χ0n) is 7.95. The number of nitro groups is 1. The van der Waals surface area contributed by atoms with Gasteiger partial charge in [0.25, 0.3) is 0 Å². The SMILES string of the molecule is O=[N+]([O-])c1cc(C(O)C(O)CS)cnc1Cl. The number of hydrogen-bond donors (Lipinski definition) is 3. The third-order valence-corrected chi connectivity index (χ3v) is 2.60.